The molecule has 5 nitrogen and oxygen atoms in total. The number of sulfonamides is 1. The normalized spacial score (nSPS) is 11.2. The van der Waals surface area contributed by atoms with Crippen LogP contribution in [-0.2, 0) is 10.0 Å². The number of ether oxygens (including phenoxy) is 1. The van der Waals surface area contributed by atoms with Gasteiger partial charge in [-0.25, -0.2) is 8.42 Å². The Balaban J connectivity index is 2.39. The maximum Gasteiger partial charge on any atom is 0.262 e. The highest BCUT2D eigenvalue weighted by molar-refractivity contribution is 9.10. The summed E-state index contributed by atoms with van der Waals surface area (Å²) in [5.74, 6) is 0.436. The minimum Gasteiger partial charge on any atom is -0.495 e. The number of benzene rings is 2. The van der Waals surface area contributed by atoms with Gasteiger partial charge in [-0.3, -0.25) is 4.72 Å². The third kappa shape index (κ3) is 3.30. The molecule has 112 valence electrons. The van der Waals surface area contributed by atoms with E-state index in [0.717, 1.165) is 5.56 Å². The van der Waals surface area contributed by atoms with Crippen LogP contribution in [0.15, 0.2) is 45.8 Å². The van der Waals surface area contributed by atoms with Crippen LogP contribution in [-0.4, -0.2) is 15.5 Å². The molecule has 7 heteroatoms. The van der Waals surface area contributed by atoms with Crippen molar-refractivity contribution in [3.8, 4) is 5.75 Å². The van der Waals surface area contributed by atoms with Crippen LogP contribution in [0.5, 0.6) is 5.75 Å². The summed E-state index contributed by atoms with van der Waals surface area (Å²) in [5, 5.41) is 0. The van der Waals surface area contributed by atoms with E-state index >= 15 is 0 Å². The lowest BCUT2D eigenvalue weighted by molar-refractivity contribution is 0.416. The van der Waals surface area contributed by atoms with Crippen LogP contribution >= 0.6 is 15.9 Å². The maximum absolute atomic E-state index is 12.4. The lowest BCUT2D eigenvalue weighted by atomic mass is 10.2. The van der Waals surface area contributed by atoms with Crippen LogP contribution in [0, 0.1) is 6.92 Å². The summed E-state index contributed by atoms with van der Waals surface area (Å²) in [7, 11) is -2.24. The van der Waals surface area contributed by atoms with Crippen molar-refractivity contribution in [2.45, 2.75) is 11.8 Å². The minimum absolute atomic E-state index is 0.0780. The number of nitrogens with two attached hydrogens (primary N) is 1. The molecule has 0 fully saturated rings. The van der Waals surface area contributed by atoms with Crippen molar-refractivity contribution in [2.75, 3.05) is 17.6 Å². The van der Waals surface area contributed by atoms with Gasteiger partial charge in [-0.15, -0.1) is 0 Å². The van der Waals surface area contributed by atoms with Crippen molar-refractivity contribution in [1.82, 2.24) is 0 Å². The molecular weight excluding hydrogens is 356 g/mol. The molecule has 0 radical (unpaired) electrons. The molecule has 0 atom stereocenters. The fourth-order valence-electron chi connectivity index (χ4n) is 1.81. The van der Waals surface area contributed by atoms with Crippen LogP contribution in [0.4, 0.5) is 11.4 Å². The Kier molecular flexibility index (Phi) is 4.43. The number of hydrogen-bond acceptors (Lipinski definition) is 4. The van der Waals surface area contributed by atoms with E-state index in [1.165, 1.54) is 25.3 Å². The molecule has 3 N–H and O–H groups in total. The second kappa shape index (κ2) is 5.95. The Bertz CT molecular complexity index is 776. The van der Waals surface area contributed by atoms with Gasteiger partial charge in [0.05, 0.1) is 23.4 Å². The van der Waals surface area contributed by atoms with Crippen LogP contribution in [0.1, 0.15) is 5.56 Å². The van der Waals surface area contributed by atoms with Gasteiger partial charge in [0, 0.05) is 4.47 Å². The number of halogens is 1. The summed E-state index contributed by atoms with van der Waals surface area (Å²) in [6.45, 7) is 1.88. The van der Waals surface area contributed by atoms with E-state index in [9.17, 15) is 8.42 Å². The van der Waals surface area contributed by atoms with Crippen molar-refractivity contribution in [3.05, 3.63) is 46.4 Å². The molecule has 2 aromatic carbocycles. The predicted octanol–water partition coefficient (Wildman–Crippen LogP) is 3.15. The highest BCUT2D eigenvalue weighted by Crippen LogP contribution is 2.29. The molecule has 0 aliphatic heterocycles. The highest BCUT2D eigenvalue weighted by Gasteiger charge is 2.17. The van der Waals surface area contributed by atoms with E-state index in [4.69, 9.17) is 10.5 Å². The first-order valence-electron chi connectivity index (χ1n) is 6.06. The third-order valence-corrected chi connectivity index (χ3v) is 5.36. The van der Waals surface area contributed by atoms with Gasteiger partial charge in [-0.2, -0.15) is 0 Å². The minimum atomic E-state index is -3.72. The first kappa shape index (κ1) is 15.7. The van der Waals surface area contributed by atoms with Crippen LogP contribution in [0.2, 0.25) is 0 Å². The molecule has 0 amide bonds. The Morgan fingerprint density at radius 2 is 1.95 bits per heavy atom. The molecule has 0 aliphatic rings. The highest BCUT2D eigenvalue weighted by atomic mass is 79.9. The summed E-state index contributed by atoms with van der Waals surface area (Å²) in [4.78, 5) is 0.0780. The molecule has 0 saturated heterocycles. The Labute approximate surface area is 132 Å². The monoisotopic (exact) mass is 370 g/mol. The average molecular weight is 371 g/mol. The van der Waals surface area contributed by atoms with Gasteiger partial charge in [0.15, 0.2) is 0 Å². The number of rotatable bonds is 4. The van der Waals surface area contributed by atoms with Crippen LogP contribution in [0.3, 0.4) is 0 Å². The van der Waals surface area contributed by atoms with Crippen LogP contribution in [0.25, 0.3) is 0 Å². The molecule has 0 unspecified atom stereocenters. The first-order chi connectivity index (χ1) is 9.85. The molecule has 2 aromatic rings. The number of anilines is 2. The topological polar surface area (TPSA) is 81.4 Å². The summed E-state index contributed by atoms with van der Waals surface area (Å²) < 4.78 is 33.0. The number of nitrogen functional groups attached to an aromatic ring is 1. The molecular formula is C14H15BrN2O3S. The van der Waals surface area contributed by atoms with Crippen molar-refractivity contribution in [2.24, 2.45) is 0 Å². The fraction of sp³-hybridized carbons (Fsp3) is 0.143. The van der Waals surface area contributed by atoms with Crippen molar-refractivity contribution in [3.63, 3.8) is 0 Å². The Hall–Kier alpha value is -1.73. The number of aryl methyl sites for hydroxylation is 1. The van der Waals surface area contributed by atoms with Gasteiger partial charge in [0.25, 0.3) is 10.0 Å². The van der Waals surface area contributed by atoms with Gasteiger partial charge >= 0.3 is 0 Å². The van der Waals surface area contributed by atoms with Gasteiger partial charge in [0.2, 0.25) is 0 Å². The third-order valence-electron chi connectivity index (χ3n) is 2.95. The van der Waals surface area contributed by atoms with Gasteiger partial charge in [0.1, 0.15) is 5.75 Å². The lowest BCUT2D eigenvalue weighted by Crippen LogP contribution is -2.14. The van der Waals surface area contributed by atoms with Crippen LogP contribution < -0.4 is 15.2 Å². The summed E-state index contributed by atoms with van der Waals surface area (Å²) in [6, 6.07) is 9.68. The molecule has 0 aromatic heterocycles. The van der Waals surface area contributed by atoms with Crippen molar-refractivity contribution in [1.29, 1.82) is 0 Å². The van der Waals surface area contributed by atoms with E-state index in [1.54, 1.807) is 12.1 Å². The fourth-order valence-corrected chi connectivity index (χ4v) is 3.41. The Morgan fingerprint density at radius 1 is 1.24 bits per heavy atom. The number of methoxy groups -OCH3 is 1. The van der Waals surface area contributed by atoms with Crippen molar-refractivity contribution >= 4 is 37.3 Å². The van der Waals surface area contributed by atoms with E-state index in [0.29, 0.717) is 15.9 Å². The zero-order valence-electron chi connectivity index (χ0n) is 11.6. The van der Waals surface area contributed by atoms with E-state index in [-0.39, 0.29) is 10.6 Å². The average Bonchev–Trinajstić information content (AvgIpc) is 2.43. The van der Waals surface area contributed by atoms with Gasteiger partial charge in [-0.1, -0.05) is 12.1 Å². The predicted molar refractivity (Wildman–Crippen MR) is 87.1 cm³/mol. The summed E-state index contributed by atoms with van der Waals surface area (Å²) in [6.07, 6.45) is 0. The largest absolute Gasteiger partial charge is 0.495 e. The maximum atomic E-state index is 12.4. The smallest absolute Gasteiger partial charge is 0.262 e. The Morgan fingerprint density at radius 3 is 2.57 bits per heavy atom. The van der Waals surface area contributed by atoms with Gasteiger partial charge < -0.3 is 10.5 Å². The SMILES string of the molecule is COc1ccc(S(=O)(=O)Nc2cccc(C)c2Br)cc1N. The standard InChI is InChI=1S/C14H15BrN2O3S/c1-9-4-3-5-12(14(9)15)17-21(18,19)10-6-7-13(20-2)11(16)8-10/h3-8,17H,16H2,1-2H3. The van der Waals surface area contributed by atoms with Gasteiger partial charge in [-0.05, 0) is 52.7 Å². The molecule has 0 heterocycles. The second-order valence-electron chi connectivity index (χ2n) is 4.45. The summed E-state index contributed by atoms with van der Waals surface area (Å²) in [5.41, 5.74) is 7.43. The second-order valence-corrected chi connectivity index (χ2v) is 6.92. The zero-order chi connectivity index (χ0) is 15.6. The van der Waals surface area contributed by atoms with E-state index < -0.39 is 10.0 Å². The lowest BCUT2D eigenvalue weighted by Gasteiger charge is -2.12. The zero-order valence-corrected chi connectivity index (χ0v) is 14.0. The molecule has 21 heavy (non-hydrogen) atoms. The quantitative estimate of drug-likeness (QED) is 0.809. The molecule has 2 rings (SSSR count). The number of hydrogen-bond donors (Lipinski definition) is 2. The van der Waals surface area contributed by atoms with E-state index in [2.05, 4.69) is 20.7 Å². The summed E-state index contributed by atoms with van der Waals surface area (Å²) >= 11 is 3.37. The number of nitrogens with one attached hydrogen (secondary N) is 1. The van der Waals surface area contributed by atoms with Crippen molar-refractivity contribution < 1.29 is 13.2 Å². The molecule has 0 spiro atoms. The molecule has 0 aliphatic carbocycles. The first-order valence-corrected chi connectivity index (χ1v) is 8.34. The molecule has 0 saturated carbocycles. The molecule has 0 bridgehead atoms. The van der Waals surface area contributed by atoms with E-state index in [1.807, 2.05) is 13.0 Å².